The molecular formula is C14H20N4OS. The van der Waals surface area contributed by atoms with Gasteiger partial charge in [-0.15, -0.1) is 11.3 Å². The standard InChI is InChI=1S/C14H20N4OS/c1-10-9-20-14(15-10)18-5-4-17(7-11(18)2)8-13-6-12(3)19-16-13/h6,9,11H,4-5,7-8H2,1-3H3/t11-/m1/s1. The van der Waals surface area contributed by atoms with E-state index in [2.05, 4.69) is 32.2 Å². The molecule has 6 heteroatoms. The molecule has 1 fully saturated rings. The van der Waals surface area contributed by atoms with Crippen molar-refractivity contribution in [1.29, 1.82) is 0 Å². The van der Waals surface area contributed by atoms with Crippen molar-refractivity contribution in [3.8, 4) is 0 Å². The van der Waals surface area contributed by atoms with E-state index in [1.165, 1.54) is 0 Å². The number of hydrogen-bond acceptors (Lipinski definition) is 6. The van der Waals surface area contributed by atoms with Crippen LogP contribution in [0.15, 0.2) is 16.0 Å². The number of hydrogen-bond donors (Lipinski definition) is 0. The van der Waals surface area contributed by atoms with Gasteiger partial charge in [0.1, 0.15) is 5.76 Å². The van der Waals surface area contributed by atoms with Gasteiger partial charge in [-0.1, -0.05) is 5.16 Å². The number of thiazole rings is 1. The lowest BCUT2D eigenvalue weighted by molar-refractivity contribution is 0.215. The third-order valence-electron chi connectivity index (χ3n) is 3.63. The molecule has 0 radical (unpaired) electrons. The Bertz CT molecular complexity index is 579. The van der Waals surface area contributed by atoms with Crippen molar-refractivity contribution in [2.24, 2.45) is 0 Å². The van der Waals surface area contributed by atoms with E-state index in [4.69, 9.17) is 4.52 Å². The highest BCUT2D eigenvalue weighted by Gasteiger charge is 2.26. The molecule has 1 aliphatic heterocycles. The third kappa shape index (κ3) is 2.86. The Labute approximate surface area is 123 Å². The molecule has 2 aromatic heterocycles. The minimum Gasteiger partial charge on any atom is -0.361 e. The summed E-state index contributed by atoms with van der Waals surface area (Å²) in [6, 6.07) is 2.49. The van der Waals surface area contributed by atoms with Gasteiger partial charge in [0.25, 0.3) is 0 Å². The molecule has 1 saturated heterocycles. The van der Waals surface area contributed by atoms with E-state index in [0.717, 1.165) is 48.5 Å². The monoisotopic (exact) mass is 292 g/mol. The van der Waals surface area contributed by atoms with Crippen LogP contribution >= 0.6 is 11.3 Å². The zero-order valence-electron chi connectivity index (χ0n) is 12.2. The number of anilines is 1. The molecule has 2 aromatic rings. The third-order valence-corrected chi connectivity index (χ3v) is 4.62. The molecule has 1 aliphatic rings. The zero-order valence-corrected chi connectivity index (χ0v) is 13.0. The Kier molecular flexibility index (Phi) is 3.76. The molecule has 0 amide bonds. The van der Waals surface area contributed by atoms with Crippen LogP contribution in [0.5, 0.6) is 0 Å². The molecule has 0 spiro atoms. The van der Waals surface area contributed by atoms with Crippen LogP contribution in [-0.4, -0.2) is 40.7 Å². The summed E-state index contributed by atoms with van der Waals surface area (Å²) in [6.07, 6.45) is 0. The number of aryl methyl sites for hydroxylation is 2. The first-order valence-electron chi connectivity index (χ1n) is 6.95. The van der Waals surface area contributed by atoms with Crippen molar-refractivity contribution in [3.05, 3.63) is 28.6 Å². The molecule has 0 aliphatic carbocycles. The van der Waals surface area contributed by atoms with Crippen LogP contribution in [0.3, 0.4) is 0 Å². The van der Waals surface area contributed by atoms with Crippen molar-refractivity contribution in [1.82, 2.24) is 15.0 Å². The normalized spacial score (nSPS) is 20.6. The summed E-state index contributed by atoms with van der Waals surface area (Å²) >= 11 is 1.74. The van der Waals surface area contributed by atoms with E-state index in [1.54, 1.807) is 11.3 Å². The SMILES string of the molecule is Cc1csc(N2CCN(Cc3cc(C)on3)C[C@H]2C)n1. The van der Waals surface area contributed by atoms with Gasteiger partial charge in [-0.2, -0.15) is 0 Å². The van der Waals surface area contributed by atoms with E-state index in [-0.39, 0.29) is 0 Å². The van der Waals surface area contributed by atoms with Gasteiger partial charge in [-0.3, -0.25) is 4.90 Å². The van der Waals surface area contributed by atoms with Crippen LogP contribution in [0.25, 0.3) is 0 Å². The van der Waals surface area contributed by atoms with E-state index >= 15 is 0 Å². The van der Waals surface area contributed by atoms with Crippen molar-refractivity contribution in [3.63, 3.8) is 0 Å². The fourth-order valence-corrected chi connectivity index (χ4v) is 3.59. The first-order chi connectivity index (χ1) is 9.61. The van der Waals surface area contributed by atoms with Crippen LogP contribution in [0.4, 0.5) is 5.13 Å². The van der Waals surface area contributed by atoms with Gasteiger partial charge in [0, 0.05) is 43.7 Å². The molecule has 3 rings (SSSR count). The maximum absolute atomic E-state index is 5.13. The second kappa shape index (κ2) is 5.54. The molecule has 108 valence electrons. The van der Waals surface area contributed by atoms with Gasteiger partial charge in [0.05, 0.1) is 11.4 Å². The predicted octanol–water partition coefficient (Wildman–Crippen LogP) is 2.46. The fourth-order valence-electron chi connectivity index (χ4n) is 2.66. The average Bonchev–Trinajstić information content (AvgIpc) is 2.99. The lowest BCUT2D eigenvalue weighted by Gasteiger charge is -2.39. The number of nitrogens with zero attached hydrogens (tertiary/aromatic N) is 4. The highest BCUT2D eigenvalue weighted by Crippen LogP contribution is 2.25. The van der Waals surface area contributed by atoms with E-state index in [1.807, 2.05) is 19.9 Å². The molecule has 0 bridgehead atoms. The Morgan fingerprint density at radius 1 is 1.40 bits per heavy atom. The zero-order chi connectivity index (χ0) is 14.1. The van der Waals surface area contributed by atoms with Gasteiger partial charge in [-0.25, -0.2) is 4.98 Å². The quantitative estimate of drug-likeness (QED) is 0.869. The van der Waals surface area contributed by atoms with Gasteiger partial charge in [-0.05, 0) is 20.8 Å². The van der Waals surface area contributed by atoms with Crippen LogP contribution in [0, 0.1) is 13.8 Å². The molecule has 0 unspecified atom stereocenters. The van der Waals surface area contributed by atoms with Crippen molar-refractivity contribution < 1.29 is 4.52 Å². The summed E-state index contributed by atoms with van der Waals surface area (Å²) in [4.78, 5) is 9.43. The average molecular weight is 292 g/mol. The largest absolute Gasteiger partial charge is 0.361 e. The van der Waals surface area contributed by atoms with Gasteiger partial charge >= 0.3 is 0 Å². The first kappa shape index (κ1) is 13.6. The van der Waals surface area contributed by atoms with E-state index in [0.29, 0.717) is 6.04 Å². The maximum atomic E-state index is 5.13. The van der Waals surface area contributed by atoms with Crippen LogP contribution in [-0.2, 0) is 6.54 Å². The van der Waals surface area contributed by atoms with Crippen molar-refractivity contribution >= 4 is 16.5 Å². The summed E-state index contributed by atoms with van der Waals surface area (Å²) in [6.45, 7) is 10.2. The fraction of sp³-hybridized carbons (Fsp3) is 0.571. The Morgan fingerprint density at radius 2 is 2.25 bits per heavy atom. The van der Waals surface area contributed by atoms with Crippen molar-refractivity contribution in [2.45, 2.75) is 33.4 Å². The summed E-state index contributed by atoms with van der Waals surface area (Å²) < 4.78 is 5.13. The molecule has 5 nitrogen and oxygen atoms in total. The molecule has 3 heterocycles. The number of rotatable bonds is 3. The molecule has 0 saturated carbocycles. The minimum absolute atomic E-state index is 0.474. The molecule has 0 N–H and O–H groups in total. The lowest BCUT2D eigenvalue weighted by Crippen LogP contribution is -2.51. The number of aromatic nitrogens is 2. The maximum Gasteiger partial charge on any atom is 0.185 e. The summed E-state index contributed by atoms with van der Waals surface area (Å²) in [5, 5.41) is 7.34. The molecule has 20 heavy (non-hydrogen) atoms. The number of piperazine rings is 1. The smallest absolute Gasteiger partial charge is 0.185 e. The van der Waals surface area contributed by atoms with Gasteiger partial charge in [0.2, 0.25) is 0 Å². The molecule has 1 atom stereocenters. The van der Waals surface area contributed by atoms with Crippen LogP contribution in [0.2, 0.25) is 0 Å². The van der Waals surface area contributed by atoms with Crippen molar-refractivity contribution in [2.75, 3.05) is 24.5 Å². The topological polar surface area (TPSA) is 45.4 Å². The first-order valence-corrected chi connectivity index (χ1v) is 7.83. The minimum atomic E-state index is 0.474. The lowest BCUT2D eigenvalue weighted by atomic mass is 10.2. The Morgan fingerprint density at radius 3 is 2.85 bits per heavy atom. The van der Waals surface area contributed by atoms with E-state index < -0.39 is 0 Å². The Hall–Kier alpha value is -1.40. The van der Waals surface area contributed by atoms with Crippen LogP contribution in [0.1, 0.15) is 24.1 Å². The summed E-state index contributed by atoms with van der Waals surface area (Å²) in [7, 11) is 0. The Balaban J connectivity index is 1.62. The highest BCUT2D eigenvalue weighted by atomic mass is 32.1. The predicted molar refractivity (Wildman–Crippen MR) is 80.2 cm³/mol. The second-order valence-corrected chi connectivity index (χ2v) is 6.31. The second-order valence-electron chi connectivity index (χ2n) is 5.48. The van der Waals surface area contributed by atoms with Crippen LogP contribution < -0.4 is 4.90 Å². The highest BCUT2D eigenvalue weighted by molar-refractivity contribution is 7.13. The summed E-state index contributed by atoms with van der Waals surface area (Å²) in [5.41, 5.74) is 2.13. The molecular weight excluding hydrogens is 272 g/mol. The summed E-state index contributed by atoms with van der Waals surface area (Å²) in [5.74, 6) is 0.880. The van der Waals surface area contributed by atoms with Gasteiger partial charge in [0.15, 0.2) is 5.13 Å². The van der Waals surface area contributed by atoms with E-state index in [9.17, 15) is 0 Å². The molecule has 0 aromatic carbocycles. The van der Waals surface area contributed by atoms with Gasteiger partial charge < -0.3 is 9.42 Å².